The highest BCUT2D eigenvalue weighted by Gasteiger charge is 2.34. The van der Waals surface area contributed by atoms with E-state index in [-0.39, 0.29) is 12.1 Å². The van der Waals surface area contributed by atoms with Gasteiger partial charge in [-0.2, -0.15) is 13.2 Å². The molecule has 0 unspecified atom stereocenters. The molecule has 0 fully saturated rings. The molecule has 1 amide bonds. The third-order valence-corrected chi connectivity index (χ3v) is 4.61. The Morgan fingerprint density at radius 3 is 2.59 bits per heavy atom. The molecule has 0 spiro atoms. The van der Waals surface area contributed by atoms with Gasteiger partial charge in [0.2, 0.25) is 5.91 Å². The molecule has 5 nitrogen and oxygen atoms in total. The molecule has 2 aromatic rings. The van der Waals surface area contributed by atoms with Crippen LogP contribution in [0.2, 0.25) is 5.02 Å². The van der Waals surface area contributed by atoms with Gasteiger partial charge in [-0.15, -0.1) is 0 Å². The summed E-state index contributed by atoms with van der Waals surface area (Å²) in [4.78, 5) is 14.0. The third kappa shape index (κ3) is 5.06. The number of halogens is 4. The molecule has 1 N–H and O–H groups in total. The van der Waals surface area contributed by atoms with Crippen molar-refractivity contribution in [1.29, 1.82) is 0 Å². The van der Waals surface area contributed by atoms with Gasteiger partial charge in [0.25, 0.3) is 0 Å². The number of benzene rings is 2. The first-order valence-corrected chi connectivity index (χ1v) is 9.29. The van der Waals surface area contributed by atoms with Crippen molar-refractivity contribution < 1.29 is 27.4 Å². The molecule has 1 aliphatic heterocycles. The van der Waals surface area contributed by atoms with E-state index in [0.29, 0.717) is 47.4 Å². The van der Waals surface area contributed by atoms with Gasteiger partial charge in [0.05, 0.1) is 35.9 Å². The summed E-state index contributed by atoms with van der Waals surface area (Å²) in [5.74, 6) is 0.231. The molecular weight excluding hydrogens is 409 g/mol. The highest BCUT2D eigenvalue weighted by molar-refractivity contribution is 6.32. The molecule has 1 aliphatic rings. The fourth-order valence-corrected chi connectivity index (χ4v) is 3.21. The van der Waals surface area contributed by atoms with E-state index in [2.05, 4.69) is 5.32 Å². The Morgan fingerprint density at radius 1 is 1.17 bits per heavy atom. The number of hydrogen-bond donors (Lipinski definition) is 1. The number of anilines is 2. The Bertz CT molecular complexity index is 917. The van der Waals surface area contributed by atoms with Crippen LogP contribution in [0.4, 0.5) is 24.5 Å². The van der Waals surface area contributed by atoms with Crippen molar-refractivity contribution in [2.24, 2.45) is 0 Å². The first-order valence-electron chi connectivity index (χ1n) is 8.91. The second kappa shape index (κ2) is 8.41. The summed E-state index contributed by atoms with van der Waals surface area (Å²) in [5.41, 5.74) is -0.317. The van der Waals surface area contributed by atoms with E-state index >= 15 is 0 Å². The molecule has 2 aromatic carbocycles. The van der Waals surface area contributed by atoms with E-state index in [1.54, 1.807) is 31.1 Å². The first kappa shape index (κ1) is 21.1. The Balaban J connectivity index is 1.81. The lowest BCUT2D eigenvalue weighted by atomic mass is 10.1. The van der Waals surface area contributed by atoms with Crippen LogP contribution in [-0.4, -0.2) is 33.2 Å². The van der Waals surface area contributed by atoms with Crippen molar-refractivity contribution >= 4 is 28.9 Å². The summed E-state index contributed by atoms with van der Waals surface area (Å²) in [5, 5.41) is 2.64. The molecule has 0 aliphatic carbocycles. The van der Waals surface area contributed by atoms with Gasteiger partial charge < -0.3 is 19.7 Å². The van der Waals surface area contributed by atoms with Crippen LogP contribution in [0, 0.1) is 0 Å². The second-order valence-corrected chi connectivity index (χ2v) is 7.21. The lowest BCUT2D eigenvalue weighted by molar-refractivity contribution is -0.136. The standard InChI is InChI=1S/C20H20ClF3N2O3/c1-26(2)13-4-5-16(14(11-13)20(22,23)24)25-18(27)10-12-8-15(21)19-17(9-12)28-6-3-7-29-19/h4-5,8-9,11H,3,6-7,10H2,1-2H3,(H,25,27). The molecule has 0 saturated carbocycles. The van der Waals surface area contributed by atoms with Crippen molar-refractivity contribution in [2.75, 3.05) is 37.5 Å². The quantitative estimate of drug-likeness (QED) is 0.762. The van der Waals surface area contributed by atoms with Crippen LogP contribution < -0.4 is 19.7 Å². The molecule has 0 aromatic heterocycles. The fraction of sp³-hybridized carbons (Fsp3) is 0.350. The lowest BCUT2D eigenvalue weighted by Crippen LogP contribution is -2.19. The van der Waals surface area contributed by atoms with Crippen molar-refractivity contribution in [1.82, 2.24) is 0 Å². The molecular formula is C20H20ClF3N2O3. The van der Waals surface area contributed by atoms with Crippen molar-refractivity contribution in [3.8, 4) is 11.5 Å². The molecule has 0 atom stereocenters. The number of carbonyl (C=O) groups excluding carboxylic acids is 1. The van der Waals surface area contributed by atoms with Crippen molar-refractivity contribution in [2.45, 2.75) is 19.0 Å². The predicted octanol–water partition coefficient (Wildman–Crippen LogP) is 4.77. The SMILES string of the molecule is CN(C)c1ccc(NC(=O)Cc2cc(Cl)c3c(c2)OCCCO3)c(C(F)(F)F)c1. The van der Waals surface area contributed by atoms with Gasteiger partial charge >= 0.3 is 6.18 Å². The normalized spacial score (nSPS) is 13.6. The summed E-state index contributed by atoms with van der Waals surface area (Å²) >= 11 is 6.21. The number of ether oxygens (including phenoxy) is 2. The number of nitrogens with zero attached hydrogens (tertiary/aromatic N) is 1. The minimum atomic E-state index is -4.60. The van der Waals surface area contributed by atoms with Crippen LogP contribution >= 0.6 is 11.6 Å². The van der Waals surface area contributed by atoms with Gasteiger partial charge in [0, 0.05) is 26.2 Å². The number of alkyl halides is 3. The number of nitrogens with one attached hydrogen (secondary N) is 1. The third-order valence-electron chi connectivity index (χ3n) is 4.33. The highest BCUT2D eigenvalue weighted by atomic mass is 35.5. The lowest BCUT2D eigenvalue weighted by Gasteiger charge is -2.19. The summed E-state index contributed by atoms with van der Waals surface area (Å²) in [6.07, 6.45) is -4.07. The van der Waals surface area contributed by atoms with Crippen LogP contribution in [-0.2, 0) is 17.4 Å². The van der Waals surface area contributed by atoms with Gasteiger partial charge in [-0.1, -0.05) is 11.6 Å². The number of fused-ring (bicyclic) bond motifs is 1. The van der Waals surface area contributed by atoms with E-state index in [1.807, 2.05) is 0 Å². The number of hydrogen-bond acceptors (Lipinski definition) is 4. The number of amides is 1. The molecule has 0 saturated heterocycles. The average molecular weight is 429 g/mol. The summed E-state index contributed by atoms with van der Waals surface area (Å²) in [6.45, 7) is 0.919. The average Bonchev–Trinajstić information content (AvgIpc) is 2.86. The van der Waals surface area contributed by atoms with E-state index in [0.717, 1.165) is 6.07 Å². The minimum Gasteiger partial charge on any atom is -0.489 e. The zero-order valence-corrected chi connectivity index (χ0v) is 16.7. The first-order chi connectivity index (χ1) is 13.6. The van der Waals surface area contributed by atoms with E-state index in [9.17, 15) is 18.0 Å². The summed E-state index contributed by atoms with van der Waals surface area (Å²) in [7, 11) is 3.28. The van der Waals surface area contributed by atoms with E-state index in [4.69, 9.17) is 21.1 Å². The smallest absolute Gasteiger partial charge is 0.418 e. The Hall–Kier alpha value is -2.61. The fourth-order valence-electron chi connectivity index (χ4n) is 2.92. The van der Waals surface area contributed by atoms with Crippen molar-refractivity contribution in [3.63, 3.8) is 0 Å². The van der Waals surface area contributed by atoms with E-state index < -0.39 is 17.6 Å². The van der Waals surface area contributed by atoms with Gasteiger partial charge in [-0.05, 0) is 35.9 Å². The summed E-state index contributed by atoms with van der Waals surface area (Å²) < 4.78 is 51.4. The van der Waals surface area contributed by atoms with Gasteiger partial charge in [0.1, 0.15) is 0 Å². The summed E-state index contributed by atoms with van der Waals surface area (Å²) in [6, 6.07) is 6.92. The molecule has 3 rings (SSSR count). The minimum absolute atomic E-state index is 0.164. The van der Waals surface area contributed by atoms with Crippen LogP contribution in [0.25, 0.3) is 0 Å². The van der Waals surface area contributed by atoms with Crippen LogP contribution in [0.15, 0.2) is 30.3 Å². The Kier molecular flexibility index (Phi) is 6.12. The second-order valence-electron chi connectivity index (χ2n) is 6.80. The molecule has 156 valence electrons. The predicted molar refractivity (Wildman–Crippen MR) is 105 cm³/mol. The Labute approximate surface area is 171 Å². The Morgan fingerprint density at radius 2 is 1.90 bits per heavy atom. The van der Waals surface area contributed by atoms with Gasteiger partial charge in [-0.25, -0.2) is 0 Å². The van der Waals surface area contributed by atoms with E-state index in [1.165, 1.54) is 12.1 Å². The maximum absolute atomic E-state index is 13.4. The van der Waals surface area contributed by atoms with Crippen LogP contribution in [0.1, 0.15) is 17.5 Å². The largest absolute Gasteiger partial charge is 0.489 e. The molecule has 1 heterocycles. The zero-order chi connectivity index (χ0) is 21.2. The number of rotatable bonds is 4. The van der Waals surface area contributed by atoms with Crippen LogP contribution in [0.5, 0.6) is 11.5 Å². The molecule has 0 radical (unpaired) electrons. The molecule has 29 heavy (non-hydrogen) atoms. The number of carbonyl (C=O) groups is 1. The topological polar surface area (TPSA) is 50.8 Å². The molecule has 0 bridgehead atoms. The van der Waals surface area contributed by atoms with Crippen LogP contribution in [0.3, 0.4) is 0 Å². The molecule has 9 heteroatoms. The maximum atomic E-state index is 13.4. The van der Waals surface area contributed by atoms with Crippen molar-refractivity contribution in [3.05, 3.63) is 46.5 Å². The van der Waals surface area contributed by atoms with Gasteiger partial charge in [0.15, 0.2) is 11.5 Å². The zero-order valence-electron chi connectivity index (χ0n) is 15.9. The van der Waals surface area contributed by atoms with Gasteiger partial charge in [-0.3, -0.25) is 4.79 Å². The maximum Gasteiger partial charge on any atom is 0.418 e. The highest BCUT2D eigenvalue weighted by Crippen LogP contribution is 2.39. The monoisotopic (exact) mass is 428 g/mol.